The fourth-order valence-electron chi connectivity index (χ4n) is 5.68. The second-order valence-corrected chi connectivity index (χ2v) is 17.1. The quantitative estimate of drug-likeness (QED) is 0.101. The summed E-state index contributed by atoms with van der Waals surface area (Å²) in [5.74, 6) is 1.35. The molecule has 0 spiro atoms. The third kappa shape index (κ3) is 15.5. The van der Waals surface area contributed by atoms with Gasteiger partial charge in [0.05, 0.1) is 48.3 Å². The Bertz CT molecular complexity index is 2350. The van der Waals surface area contributed by atoms with Crippen LogP contribution in [0.5, 0.6) is 0 Å². The molecule has 0 bridgehead atoms. The molecule has 1 aliphatic heterocycles. The summed E-state index contributed by atoms with van der Waals surface area (Å²) in [7, 11) is 1.54. The standard InChI is InChI=1S/C14H18N3O4P.C12H13N3O.C12H12N3.C2H6ClO3P.ClH/c1-19-22(18,20-2)21-8-7-11-5-3-4-6-12(11)13-9-17-14(15)10-16-13;13-12-8-14-11(7-15-12)10-4-2-1-3-9(10)5-6-16;13-12-8-15-6-5-9-3-1-2-4-10(9)11(15)7-14-12;1-5-7(3,4)6-2;/h3-6,9-10H,7-8H2,1-2H3,(H2,15,17);1-4,7-8,16H,5-6H2,(H2,13,15);1-4,7-8H,5-6H2,(H2,13,14);1-2H3;1H/q;;+1;;/p-1. The lowest BCUT2D eigenvalue weighted by Gasteiger charge is -2.14. The SMILES string of the molecule is COP(=O)(Cl)OC.COP(=O)(OC)OCCc1ccccc1-c1cnc(N)cn1.Nc1c[n+]2c(cn1)-c1ccccc1CC2.Nc1cnc(-c2ccccc2CCO)cn1.[Cl-]. The summed E-state index contributed by atoms with van der Waals surface area (Å²) in [5.41, 5.74) is 26.0. The Kier molecular flexibility index (Phi) is 20.8. The molecule has 0 saturated carbocycles. The first kappa shape index (κ1) is 50.5. The Labute approximate surface area is 366 Å². The molecule has 1 aliphatic rings. The van der Waals surface area contributed by atoms with Crippen molar-refractivity contribution >= 4 is 43.5 Å². The van der Waals surface area contributed by atoms with Gasteiger partial charge in [-0.15, -0.1) is 0 Å². The molecule has 61 heavy (non-hydrogen) atoms. The van der Waals surface area contributed by atoms with E-state index in [2.05, 4.69) is 62.8 Å². The molecule has 0 fully saturated rings. The minimum absolute atomic E-state index is 0. The van der Waals surface area contributed by atoms with E-state index in [-0.39, 0.29) is 25.6 Å². The number of aliphatic hydroxyl groups is 1. The number of fused-ring (bicyclic) bond motifs is 3. The molecule has 3 aromatic carbocycles. The molecule has 21 heteroatoms. The van der Waals surface area contributed by atoms with Crippen LogP contribution in [0.2, 0.25) is 0 Å². The Morgan fingerprint density at radius 2 is 1.15 bits per heavy atom. The van der Waals surface area contributed by atoms with Crippen molar-refractivity contribution in [2.75, 3.05) is 58.9 Å². The summed E-state index contributed by atoms with van der Waals surface area (Å²) < 4.78 is 47.3. The lowest BCUT2D eigenvalue weighted by atomic mass is 9.98. The highest BCUT2D eigenvalue weighted by atomic mass is 35.7. The van der Waals surface area contributed by atoms with Crippen molar-refractivity contribution in [2.45, 2.75) is 25.8 Å². The Morgan fingerprint density at radius 3 is 1.62 bits per heavy atom. The van der Waals surface area contributed by atoms with Gasteiger partial charge in [0.25, 0.3) is 0 Å². The summed E-state index contributed by atoms with van der Waals surface area (Å²) in [5, 5.41) is 8.98. The van der Waals surface area contributed by atoms with Gasteiger partial charge < -0.3 is 43.8 Å². The predicted octanol–water partition coefficient (Wildman–Crippen LogP) is 3.75. The van der Waals surface area contributed by atoms with Crippen molar-refractivity contribution in [1.29, 1.82) is 0 Å². The number of aromatic nitrogens is 6. The first-order valence-corrected chi connectivity index (χ1v) is 22.2. The molecule has 4 heterocycles. The van der Waals surface area contributed by atoms with Crippen LogP contribution in [0, 0.1) is 0 Å². The van der Waals surface area contributed by atoms with Gasteiger partial charge in [0.1, 0.15) is 17.8 Å². The van der Waals surface area contributed by atoms with Crippen LogP contribution in [0.25, 0.3) is 33.8 Å². The molecule has 7 N–H and O–H groups in total. The molecular weight excluding hydrogens is 867 g/mol. The van der Waals surface area contributed by atoms with E-state index < -0.39 is 14.8 Å². The largest absolute Gasteiger partial charge is 1.00 e. The van der Waals surface area contributed by atoms with Gasteiger partial charge in [0, 0.05) is 63.8 Å². The first-order valence-electron chi connectivity index (χ1n) is 18.3. The Balaban J connectivity index is 0.000000228. The van der Waals surface area contributed by atoms with Gasteiger partial charge in [0.15, 0.2) is 12.4 Å². The number of nitrogens with two attached hydrogens (primary N) is 3. The summed E-state index contributed by atoms with van der Waals surface area (Å²) in [4.78, 5) is 20.7. The Morgan fingerprint density at radius 1 is 0.656 bits per heavy atom. The number of anilines is 3. The van der Waals surface area contributed by atoms with Gasteiger partial charge in [-0.1, -0.05) is 66.7 Å². The monoisotopic (exact) mass is 915 g/mol. The van der Waals surface area contributed by atoms with Gasteiger partial charge in [-0.3, -0.25) is 23.5 Å². The van der Waals surface area contributed by atoms with E-state index in [1.54, 1.807) is 12.4 Å². The Hall–Kier alpha value is -4.90. The lowest BCUT2D eigenvalue weighted by Crippen LogP contribution is -3.00. The van der Waals surface area contributed by atoms with E-state index in [0.29, 0.717) is 36.0 Å². The molecule has 326 valence electrons. The number of nitrogen functional groups attached to an aromatic ring is 3. The van der Waals surface area contributed by atoms with Crippen molar-refractivity contribution in [3.8, 4) is 33.8 Å². The van der Waals surface area contributed by atoms with E-state index in [9.17, 15) is 9.13 Å². The number of phosphoric acid groups is 1. The third-order valence-electron chi connectivity index (χ3n) is 8.66. The average molecular weight is 917 g/mol. The topological polar surface area (TPSA) is 247 Å². The molecule has 17 nitrogen and oxygen atoms in total. The number of aliphatic hydroxyl groups excluding tert-OH is 1. The molecule has 0 amide bonds. The second-order valence-electron chi connectivity index (χ2n) is 12.4. The summed E-state index contributed by atoms with van der Waals surface area (Å²) >= 11 is 5.02. The molecule has 0 radical (unpaired) electrons. The van der Waals surface area contributed by atoms with Crippen LogP contribution in [0.4, 0.5) is 17.5 Å². The number of nitrogens with zero attached hydrogens (tertiary/aromatic N) is 6. The number of hydrogen-bond acceptors (Lipinski definition) is 16. The van der Waals surface area contributed by atoms with E-state index in [0.717, 1.165) is 46.6 Å². The van der Waals surface area contributed by atoms with Crippen LogP contribution >= 0.6 is 26.0 Å². The highest BCUT2D eigenvalue weighted by Crippen LogP contribution is 2.51. The number of aryl methyl sites for hydroxylation is 2. The third-order valence-corrected chi connectivity index (χ3v) is 11.8. The van der Waals surface area contributed by atoms with Gasteiger partial charge in [0.2, 0.25) is 11.9 Å². The molecule has 6 aromatic rings. The van der Waals surface area contributed by atoms with Crippen LogP contribution in [0.3, 0.4) is 0 Å². The maximum atomic E-state index is 11.8. The molecule has 0 aliphatic carbocycles. The van der Waals surface area contributed by atoms with Crippen LogP contribution in [0.1, 0.15) is 16.7 Å². The van der Waals surface area contributed by atoms with Crippen LogP contribution < -0.4 is 34.2 Å². The number of benzene rings is 3. The molecule has 7 rings (SSSR count). The zero-order valence-electron chi connectivity index (χ0n) is 34.0. The molecular formula is C40H49Cl2N9O8P2. The van der Waals surface area contributed by atoms with Crippen molar-refractivity contribution in [3.05, 3.63) is 127 Å². The zero-order chi connectivity index (χ0) is 43.5. The highest BCUT2D eigenvalue weighted by molar-refractivity contribution is 7.81. The van der Waals surface area contributed by atoms with Crippen molar-refractivity contribution in [3.63, 3.8) is 0 Å². The molecule has 3 aromatic heterocycles. The highest BCUT2D eigenvalue weighted by Gasteiger charge is 2.23. The van der Waals surface area contributed by atoms with E-state index in [1.165, 1.54) is 52.0 Å². The maximum absolute atomic E-state index is 11.8. The minimum Gasteiger partial charge on any atom is -1.00 e. The van der Waals surface area contributed by atoms with Crippen molar-refractivity contribution < 1.29 is 53.8 Å². The normalized spacial score (nSPS) is 11.4. The summed E-state index contributed by atoms with van der Waals surface area (Å²) in [6.45, 7) is -1.88. The smallest absolute Gasteiger partial charge is 0.474 e. The lowest BCUT2D eigenvalue weighted by molar-refractivity contribution is -0.687. The summed E-state index contributed by atoms with van der Waals surface area (Å²) in [6.07, 6.45) is 12.3. The van der Waals surface area contributed by atoms with Gasteiger partial charge in [-0.05, 0) is 35.6 Å². The van der Waals surface area contributed by atoms with Crippen molar-refractivity contribution in [1.82, 2.24) is 24.9 Å². The second kappa shape index (κ2) is 25.1. The van der Waals surface area contributed by atoms with E-state index in [1.807, 2.05) is 60.9 Å². The van der Waals surface area contributed by atoms with Crippen LogP contribution in [0.15, 0.2) is 110 Å². The number of rotatable bonds is 12. The first-order chi connectivity index (χ1) is 28.9. The van der Waals surface area contributed by atoms with Gasteiger partial charge >= 0.3 is 14.8 Å². The zero-order valence-corrected chi connectivity index (χ0v) is 37.3. The maximum Gasteiger partial charge on any atom is 0.474 e. The minimum atomic E-state index is -3.46. The number of phosphoric ester groups is 1. The molecule has 0 atom stereocenters. The van der Waals surface area contributed by atoms with Crippen LogP contribution in [-0.4, -0.2) is 71.7 Å². The van der Waals surface area contributed by atoms with E-state index >= 15 is 0 Å². The fraction of sp³-hybridized carbons (Fsp3) is 0.250. The van der Waals surface area contributed by atoms with E-state index in [4.69, 9.17) is 47.1 Å². The molecule has 0 unspecified atom stereocenters. The number of halogens is 2. The van der Waals surface area contributed by atoms with Gasteiger partial charge in [-0.25, -0.2) is 24.1 Å². The average Bonchev–Trinajstić information content (AvgIpc) is 3.28. The fourth-order valence-corrected chi connectivity index (χ4v) is 6.51. The van der Waals surface area contributed by atoms with Gasteiger partial charge in [-0.2, -0.15) is 4.57 Å². The van der Waals surface area contributed by atoms with Crippen molar-refractivity contribution in [2.24, 2.45) is 0 Å². The molecule has 0 saturated heterocycles. The predicted molar refractivity (Wildman–Crippen MR) is 231 cm³/mol. The van der Waals surface area contributed by atoms with Crippen LogP contribution in [-0.2, 0) is 57.6 Å². The number of hydrogen-bond donors (Lipinski definition) is 4. The summed E-state index contributed by atoms with van der Waals surface area (Å²) in [6, 6.07) is 24.0.